The molecule has 1 aromatic heterocycles. The van der Waals surface area contributed by atoms with E-state index in [1.807, 2.05) is 13.0 Å². The summed E-state index contributed by atoms with van der Waals surface area (Å²) in [5, 5.41) is 8.90. The minimum Gasteiger partial charge on any atom is -0.244 e. The van der Waals surface area contributed by atoms with E-state index in [2.05, 4.69) is 4.98 Å². The molecule has 1 aliphatic heterocycles. The Morgan fingerprint density at radius 1 is 1.59 bits per heavy atom. The second-order valence-electron chi connectivity index (χ2n) is 4.07. The van der Waals surface area contributed by atoms with Gasteiger partial charge in [0.05, 0.1) is 0 Å². The third kappa shape index (κ3) is 2.04. The van der Waals surface area contributed by atoms with Crippen LogP contribution in [0.3, 0.4) is 0 Å². The van der Waals surface area contributed by atoms with E-state index in [0.29, 0.717) is 6.54 Å². The van der Waals surface area contributed by atoms with Crippen molar-refractivity contribution in [1.82, 2.24) is 9.29 Å². The molecule has 1 aromatic rings. The molecule has 0 amide bonds. The lowest BCUT2D eigenvalue weighted by Gasteiger charge is -2.20. The van der Waals surface area contributed by atoms with Gasteiger partial charge in [-0.15, -0.1) is 0 Å². The quantitative estimate of drug-likeness (QED) is 0.789. The Morgan fingerprint density at radius 3 is 2.94 bits per heavy atom. The van der Waals surface area contributed by atoms with Crippen LogP contribution in [-0.2, 0) is 10.0 Å². The van der Waals surface area contributed by atoms with E-state index in [-0.39, 0.29) is 16.6 Å². The average molecular weight is 251 g/mol. The van der Waals surface area contributed by atoms with Gasteiger partial charge in [0.2, 0.25) is 10.0 Å². The number of hydrogen-bond acceptors (Lipinski definition) is 4. The highest BCUT2D eigenvalue weighted by Crippen LogP contribution is 2.26. The fourth-order valence-corrected chi connectivity index (χ4v) is 3.87. The molecular formula is C11H13N3O2S. The zero-order chi connectivity index (χ0) is 12.5. The van der Waals surface area contributed by atoms with Crippen LogP contribution in [0.4, 0.5) is 0 Å². The molecule has 1 aliphatic rings. The summed E-state index contributed by atoms with van der Waals surface area (Å²) in [7, 11) is -3.58. The molecule has 1 unspecified atom stereocenters. The minimum absolute atomic E-state index is 0.00764. The normalized spacial score (nSPS) is 21.3. The minimum atomic E-state index is -3.58. The van der Waals surface area contributed by atoms with Crippen molar-refractivity contribution >= 4 is 10.0 Å². The van der Waals surface area contributed by atoms with Crippen LogP contribution in [0.5, 0.6) is 0 Å². The molecule has 2 heterocycles. The lowest BCUT2D eigenvalue weighted by atomic mass is 10.3. The molecule has 1 atom stereocenters. The summed E-state index contributed by atoms with van der Waals surface area (Å²) < 4.78 is 26.2. The van der Waals surface area contributed by atoms with Gasteiger partial charge in [-0.25, -0.2) is 13.4 Å². The smallest absolute Gasteiger partial charge is 0.244 e. The molecule has 0 aromatic carbocycles. The molecule has 1 saturated heterocycles. The molecular weight excluding hydrogens is 238 g/mol. The summed E-state index contributed by atoms with van der Waals surface area (Å²) in [6.45, 7) is 2.40. The van der Waals surface area contributed by atoms with Crippen molar-refractivity contribution in [2.24, 2.45) is 0 Å². The van der Waals surface area contributed by atoms with E-state index >= 15 is 0 Å². The van der Waals surface area contributed by atoms with Crippen LogP contribution in [-0.4, -0.2) is 30.3 Å². The number of hydrogen-bond donors (Lipinski definition) is 0. The molecule has 0 spiro atoms. The lowest BCUT2D eigenvalue weighted by Crippen LogP contribution is -2.34. The SMILES string of the molecule is CC1CCCN1S(=O)(=O)c1cccnc1C#N. The second-order valence-corrected chi connectivity index (χ2v) is 5.93. The maximum atomic E-state index is 12.4. The maximum absolute atomic E-state index is 12.4. The van der Waals surface area contributed by atoms with Crippen molar-refractivity contribution in [3.8, 4) is 6.07 Å². The first-order valence-electron chi connectivity index (χ1n) is 5.44. The van der Waals surface area contributed by atoms with Gasteiger partial charge in [0, 0.05) is 18.8 Å². The summed E-state index contributed by atoms with van der Waals surface area (Å²) in [4.78, 5) is 3.80. The van der Waals surface area contributed by atoms with Crippen molar-refractivity contribution in [2.45, 2.75) is 30.7 Å². The molecule has 5 nitrogen and oxygen atoms in total. The van der Waals surface area contributed by atoms with Gasteiger partial charge >= 0.3 is 0 Å². The third-order valence-electron chi connectivity index (χ3n) is 2.96. The van der Waals surface area contributed by atoms with Crippen LogP contribution >= 0.6 is 0 Å². The molecule has 0 aliphatic carbocycles. The lowest BCUT2D eigenvalue weighted by molar-refractivity contribution is 0.408. The summed E-state index contributed by atoms with van der Waals surface area (Å²) in [6, 6.07) is 4.79. The van der Waals surface area contributed by atoms with Gasteiger partial charge in [-0.05, 0) is 31.9 Å². The predicted molar refractivity (Wildman–Crippen MR) is 61.5 cm³/mol. The zero-order valence-corrected chi connectivity index (χ0v) is 10.3. The zero-order valence-electron chi connectivity index (χ0n) is 9.50. The number of rotatable bonds is 2. The number of pyridine rings is 1. The van der Waals surface area contributed by atoms with Gasteiger partial charge in [0.1, 0.15) is 11.0 Å². The molecule has 6 heteroatoms. The van der Waals surface area contributed by atoms with Crippen LogP contribution < -0.4 is 0 Å². The van der Waals surface area contributed by atoms with Gasteiger partial charge in [0.15, 0.2) is 5.69 Å². The van der Waals surface area contributed by atoms with Gasteiger partial charge in [-0.1, -0.05) is 0 Å². The van der Waals surface area contributed by atoms with E-state index in [1.165, 1.54) is 22.6 Å². The van der Waals surface area contributed by atoms with Crippen molar-refractivity contribution in [3.05, 3.63) is 24.0 Å². The molecule has 0 N–H and O–H groups in total. The maximum Gasteiger partial charge on any atom is 0.246 e. The summed E-state index contributed by atoms with van der Waals surface area (Å²) in [6.07, 6.45) is 3.15. The Kier molecular flexibility index (Phi) is 3.13. The van der Waals surface area contributed by atoms with Crippen LogP contribution in [0, 0.1) is 11.3 Å². The largest absolute Gasteiger partial charge is 0.246 e. The first kappa shape index (κ1) is 12.0. The number of nitriles is 1. The van der Waals surface area contributed by atoms with Crippen molar-refractivity contribution in [1.29, 1.82) is 5.26 Å². The summed E-state index contributed by atoms with van der Waals surface area (Å²) in [5.41, 5.74) is -0.0356. The van der Waals surface area contributed by atoms with Crippen molar-refractivity contribution in [2.75, 3.05) is 6.54 Å². The fraction of sp³-hybridized carbons (Fsp3) is 0.455. The first-order valence-corrected chi connectivity index (χ1v) is 6.88. The highest BCUT2D eigenvalue weighted by Gasteiger charge is 2.34. The van der Waals surface area contributed by atoms with E-state index in [1.54, 1.807) is 0 Å². The molecule has 90 valence electrons. The Balaban J connectivity index is 2.49. The Bertz CT molecular complexity index is 562. The number of sulfonamides is 1. The Hall–Kier alpha value is -1.45. The van der Waals surface area contributed by atoms with Crippen molar-refractivity contribution < 1.29 is 8.42 Å². The second kappa shape index (κ2) is 4.43. The monoisotopic (exact) mass is 251 g/mol. The molecule has 0 saturated carbocycles. The number of aromatic nitrogens is 1. The highest BCUT2D eigenvalue weighted by atomic mass is 32.2. The van der Waals surface area contributed by atoms with E-state index < -0.39 is 10.0 Å². The Labute approximate surface area is 101 Å². The highest BCUT2D eigenvalue weighted by molar-refractivity contribution is 7.89. The molecule has 2 rings (SSSR count). The third-order valence-corrected chi connectivity index (χ3v) is 5.00. The van der Waals surface area contributed by atoms with Crippen LogP contribution in [0.25, 0.3) is 0 Å². The van der Waals surface area contributed by atoms with Gasteiger partial charge in [0.25, 0.3) is 0 Å². The van der Waals surface area contributed by atoms with Crippen LogP contribution in [0.15, 0.2) is 23.2 Å². The van der Waals surface area contributed by atoms with Crippen molar-refractivity contribution in [3.63, 3.8) is 0 Å². The van der Waals surface area contributed by atoms with Crippen LogP contribution in [0.1, 0.15) is 25.5 Å². The van der Waals surface area contributed by atoms with E-state index in [0.717, 1.165) is 12.8 Å². The summed E-state index contributed by atoms with van der Waals surface area (Å²) >= 11 is 0. The van der Waals surface area contributed by atoms with E-state index in [9.17, 15) is 8.42 Å². The van der Waals surface area contributed by atoms with Crippen LogP contribution in [0.2, 0.25) is 0 Å². The molecule has 1 fully saturated rings. The van der Waals surface area contributed by atoms with E-state index in [4.69, 9.17) is 5.26 Å². The predicted octanol–water partition coefficient (Wildman–Crippen LogP) is 1.13. The average Bonchev–Trinajstić information content (AvgIpc) is 2.76. The topological polar surface area (TPSA) is 74.1 Å². The molecule has 0 radical (unpaired) electrons. The van der Waals surface area contributed by atoms with Gasteiger partial charge in [-0.2, -0.15) is 9.57 Å². The van der Waals surface area contributed by atoms with Gasteiger partial charge in [-0.3, -0.25) is 0 Å². The van der Waals surface area contributed by atoms with Gasteiger partial charge < -0.3 is 0 Å². The Morgan fingerprint density at radius 2 is 2.35 bits per heavy atom. The summed E-state index contributed by atoms with van der Waals surface area (Å²) in [5.74, 6) is 0. The fourth-order valence-electron chi connectivity index (χ4n) is 2.07. The standard InChI is InChI=1S/C11H13N3O2S/c1-9-4-3-7-14(9)17(15,16)11-5-2-6-13-10(11)8-12/h2,5-6,9H,3-4,7H2,1H3. The first-order chi connectivity index (χ1) is 8.07. The molecule has 0 bridgehead atoms. The molecule has 17 heavy (non-hydrogen) atoms. The number of nitrogens with zero attached hydrogens (tertiary/aromatic N) is 3.